The standard InChI is InChI=1S/C11H14N2O6S/c12-6-2-1-3-9(20(17,18)19)10(6)8(14)5-4-7(13)11(15)16/h1-3,7H,4-5,12-13H2,(H,15,16)(H,17,18,19)/t7-/m0/s1. The van der Waals surface area contributed by atoms with Gasteiger partial charge in [-0.15, -0.1) is 0 Å². The summed E-state index contributed by atoms with van der Waals surface area (Å²) in [4.78, 5) is 21.9. The molecule has 0 aromatic heterocycles. The molecule has 0 saturated heterocycles. The van der Waals surface area contributed by atoms with E-state index in [0.717, 1.165) is 6.07 Å². The van der Waals surface area contributed by atoms with Crippen LogP contribution in [0.5, 0.6) is 0 Å². The molecule has 0 fully saturated rings. The number of hydrogen-bond acceptors (Lipinski definition) is 6. The molecule has 110 valence electrons. The van der Waals surface area contributed by atoms with E-state index >= 15 is 0 Å². The minimum atomic E-state index is -4.60. The molecule has 0 heterocycles. The van der Waals surface area contributed by atoms with Crippen LogP contribution in [0.2, 0.25) is 0 Å². The Bertz CT molecular complexity index is 640. The van der Waals surface area contributed by atoms with Crippen molar-refractivity contribution in [1.29, 1.82) is 0 Å². The first kappa shape index (κ1) is 16.1. The molecule has 0 spiro atoms. The first-order chi connectivity index (χ1) is 9.14. The van der Waals surface area contributed by atoms with E-state index in [1.165, 1.54) is 12.1 Å². The van der Waals surface area contributed by atoms with E-state index in [1.807, 2.05) is 0 Å². The van der Waals surface area contributed by atoms with Gasteiger partial charge in [0.1, 0.15) is 10.9 Å². The number of Topliss-reactive ketones (excluding diaryl/α,β-unsaturated/α-hetero) is 1. The number of benzene rings is 1. The second-order valence-electron chi connectivity index (χ2n) is 4.10. The van der Waals surface area contributed by atoms with Crippen molar-refractivity contribution in [3.8, 4) is 0 Å². The van der Waals surface area contributed by atoms with Crippen LogP contribution >= 0.6 is 0 Å². The fourth-order valence-electron chi connectivity index (χ4n) is 1.60. The molecular formula is C11H14N2O6S. The minimum absolute atomic E-state index is 0.117. The van der Waals surface area contributed by atoms with Crippen LogP contribution in [0, 0.1) is 0 Å². The maximum Gasteiger partial charge on any atom is 0.320 e. The highest BCUT2D eigenvalue weighted by Crippen LogP contribution is 2.23. The van der Waals surface area contributed by atoms with Crippen LogP contribution in [0.25, 0.3) is 0 Å². The van der Waals surface area contributed by atoms with E-state index in [2.05, 4.69) is 0 Å². The molecule has 0 aliphatic carbocycles. The summed E-state index contributed by atoms with van der Waals surface area (Å²) in [6.07, 6.45) is -0.475. The molecule has 0 radical (unpaired) electrons. The van der Waals surface area contributed by atoms with Gasteiger partial charge >= 0.3 is 5.97 Å². The second kappa shape index (κ2) is 5.99. The zero-order chi connectivity index (χ0) is 15.5. The molecule has 9 heteroatoms. The van der Waals surface area contributed by atoms with E-state index in [9.17, 15) is 18.0 Å². The predicted octanol–water partition coefficient (Wildman–Crippen LogP) is -0.110. The Kier molecular flexibility index (Phi) is 4.82. The molecule has 6 N–H and O–H groups in total. The Morgan fingerprint density at radius 2 is 1.90 bits per heavy atom. The maximum absolute atomic E-state index is 12.0. The van der Waals surface area contributed by atoms with E-state index in [-0.39, 0.29) is 24.1 Å². The van der Waals surface area contributed by atoms with E-state index in [1.54, 1.807) is 0 Å². The monoisotopic (exact) mass is 302 g/mol. The molecule has 0 aliphatic rings. The van der Waals surface area contributed by atoms with Gasteiger partial charge in [0, 0.05) is 12.1 Å². The number of carboxylic acids is 1. The third-order valence-corrected chi connectivity index (χ3v) is 3.51. The number of carboxylic acid groups (broad SMARTS) is 1. The number of ketones is 1. The Morgan fingerprint density at radius 1 is 1.30 bits per heavy atom. The van der Waals surface area contributed by atoms with Crippen LogP contribution in [0.15, 0.2) is 23.1 Å². The summed E-state index contributed by atoms with van der Waals surface area (Å²) < 4.78 is 31.4. The largest absolute Gasteiger partial charge is 0.480 e. The van der Waals surface area contributed by atoms with Crippen molar-refractivity contribution in [1.82, 2.24) is 0 Å². The fourth-order valence-corrected chi connectivity index (χ4v) is 2.34. The second-order valence-corrected chi connectivity index (χ2v) is 5.49. The SMILES string of the molecule is Nc1cccc(S(=O)(=O)O)c1C(=O)CC[C@H](N)C(=O)O. The number of rotatable bonds is 6. The smallest absolute Gasteiger partial charge is 0.320 e. The van der Waals surface area contributed by atoms with Crippen LogP contribution in [0.3, 0.4) is 0 Å². The van der Waals surface area contributed by atoms with E-state index in [4.69, 9.17) is 21.1 Å². The average molecular weight is 302 g/mol. The lowest BCUT2D eigenvalue weighted by molar-refractivity contribution is -0.138. The van der Waals surface area contributed by atoms with Crippen molar-refractivity contribution in [3.63, 3.8) is 0 Å². The highest BCUT2D eigenvalue weighted by Gasteiger charge is 2.23. The van der Waals surface area contributed by atoms with Crippen molar-refractivity contribution >= 4 is 27.6 Å². The van der Waals surface area contributed by atoms with Gasteiger partial charge in [0.15, 0.2) is 5.78 Å². The van der Waals surface area contributed by atoms with Gasteiger partial charge in [-0.3, -0.25) is 14.1 Å². The number of nitrogens with two attached hydrogens (primary N) is 2. The quantitative estimate of drug-likeness (QED) is 0.321. The Morgan fingerprint density at radius 3 is 2.40 bits per heavy atom. The van der Waals surface area contributed by atoms with Gasteiger partial charge in [0.25, 0.3) is 10.1 Å². The van der Waals surface area contributed by atoms with Crippen molar-refractivity contribution in [2.24, 2.45) is 5.73 Å². The summed E-state index contributed by atoms with van der Waals surface area (Å²) in [6, 6.07) is 2.38. The lowest BCUT2D eigenvalue weighted by Crippen LogP contribution is -2.30. The van der Waals surface area contributed by atoms with Gasteiger partial charge in [0.05, 0.1) is 5.56 Å². The third-order valence-electron chi connectivity index (χ3n) is 2.61. The molecule has 1 aromatic rings. The molecule has 8 nitrogen and oxygen atoms in total. The van der Waals surface area contributed by atoms with Crippen molar-refractivity contribution < 1.29 is 27.7 Å². The summed E-state index contributed by atoms with van der Waals surface area (Å²) in [6.45, 7) is 0. The third kappa shape index (κ3) is 3.76. The minimum Gasteiger partial charge on any atom is -0.480 e. The van der Waals surface area contributed by atoms with Gasteiger partial charge in [-0.05, 0) is 18.6 Å². The molecular weight excluding hydrogens is 288 g/mol. The number of carbonyl (C=O) groups excluding carboxylic acids is 1. The van der Waals surface area contributed by atoms with Crippen LogP contribution in [-0.4, -0.2) is 35.9 Å². The van der Waals surface area contributed by atoms with Crippen molar-refractivity contribution in [2.75, 3.05) is 5.73 Å². The fraction of sp³-hybridized carbons (Fsp3) is 0.273. The maximum atomic E-state index is 12.0. The number of anilines is 1. The summed E-state index contributed by atoms with van der Waals surface area (Å²) in [5.74, 6) is -1.97. The van der Waals surface area contributed by atoms with Gasteiger partial charge in [-0.1, -0.05) is 6.07 Å². The normalized spacial score (nSPS) is 12.9. The first-order valence-corrected chi connectivity index (χ1v) is 6.96. The molecule has 0 aliphatic heterocycles. The van der Waals surface area contributed by atoms with Crippen LogP contribution in [0.4, 0.5) is 5.69 Å². The number of carbonyl (C=O) groups is 2. The Labute approximate surface area is 115 Å². The first-order valence-electron chi connectivity index (χ1n) is 5.52. The summed E-state index contributed by atoms with van der Waals surface area (Å²) in [5, 5.41) is 8.61. The van der Waals surface area contributed by atoms with E-state index < -0.39 is 32.8 Å². The molecule has 0 saturated carbocycles. The van der Waals surface area contributed by atoms with Crippen molar-refractivity contribution in [3.05, 3.63) is 23.8 Å². The highest BCUT2D eigenvalue weighted by molar-refractivity contribution is 7.86. The zero-order valence-corrected chi connectivity index (χ0v) is 11.1. The predicted molar refractivity (Wildman–Crippen MR) is 69.8 cm³/mol. The molecule has 0 unspecified atom stereocenters. The number of hydrogen-bond donors (Lipinski definition) is 4. The number of nitrogen functional groups attached to an aromatic ring is 1. The van der Waals surface area contributed by atoms with Crippen LogP contribution in [-0.2, 0) is 14.9 Å². The molecule has 1 atom stereocenters. The van der Waals surface area contributed by atoms with Crippen LogP contribution in [0.1, 0.15) is 23.2 Å². The summed E-state index contributed by atoms with van der Waals surface area (Å²) in [7, 11) is -4.60. The average Bonchev–Trinajstić information content (AvgIpc) is 2.33. The highest BCUT2D eigenvalue weighted by atomic mass is 32.2. The molecule has 1 rings (SSSR count). The molecule has 1 aromatic carbocycles. The lowest BCUT2D eigenvalue weighted by atomic mass is 10.0. The Hall–Kier alpha value is -1.97. The molecule has 0 bridgehead atoms. The molecule has 0 amide bonds. The Balaban J connectivity index is 3.08. The van der Waals surface area contributed by atoms with Gasteiger partial charge < -0.3 is 16.6 Å². The van der Waals surface area contributed by atoms with E-state index in [0.29, 0.717) is 0 Å². The van der Waals surface area contributed by atoms with Gasteiger partial charge in [0.2, 0.25) is 0 Å². The van der Waals surface area contributed by atoms with Crippen molar-refractivity contribution in [2.45, 2.75) is 23.8 Å². The molecule has 20 heavy (non-hydrogen) atoms. The lowest BCUT2D eigenvalue weighted by Gasteiger charge is -2.10. The summed E-state index contributed by atoms with van der Waals surface area (Å²) >= 11 is 0. The van der Waals surface area contributed by atoms with Gasteiger partial charge in [-0.25, -0.2) is 0 Å². The number of aliphatic carboxylic acids is 1. The van der Waals surface area contributed by atoms with Crippen LogP contribution < -0.4 is 11.5 Å². The summed E-state index contributed by atoms with van der Waals surface area (Å²) in [5.41, 5.74) is 10.3. The zero-order valence-electron chi connectivity index (χ0n) is 10.3. The van der Waals surface area contributed by atoms with Gasteiger partial charge in [-0.2, -0.15) is 8.42 Å². The topological polar surface area (TPSA) is 161 Å².